The van der Waals surface area contributed by atoms with Crippen molar-refractivity contribution in [2.24, 2.45) is 17.2 Å². The lowest BCUT2D eigenvalue weighted by Crippen LogP contribution is -2.45. The van der Waals surface area contributed by atoms with E-state index in [1.807, 2.05) is 0 Å². The van der Waals surface area contributed by atoms with E-state index in [0.29, 0.717) is 38.2 Å². The van der Waals surface area contributed by atoms with Crippen LogP contribution in [0.15, 0.2) is 0 Å². The molecule has 0 amide bonds. The molecule has 0 unspecified atom stereocenters. The van der Waals surface area contributed by atoms with Crippen LogP contribution in [0.3, 0.4) is 0 Å². The summed E-state index contributed by atoms with van der Waals surface area (Å²) >= 11 is 0. The van der Waals surface area contributed by atoms with Crippen molar-refractivity contribution >= 4 is 0 Å². The molecule has 1 rings (SSSR count). The number of hydrogen-bond acceptors (Lipinski definition) is 6. The van der Waals surface area contributed by atoms with Crippen LogP contribution in [0, 0.1) is 0 Å². The quantitative estimate of drug-likeness (QED) is 0.424. The van der Waals surface area contributed by atoms with Crippen molar-refractivity contribution in [1.82, 2.24) is 20.6 Å². The number of aromatic amines is 1. The summed E-state index contributed by atoms with van der Waals surface area (Å²) in [6, 6.07) is 0. The maximum atomic E-state index is 6.13. The van der Waals surface area contributed by atoms with Crippen LogP contribution in [0.1, 0.15) is 18.7 Å². The second kappa shape index (κ2) is 4.99. The first-order valence-corrected chi connectivity index (χ1v) is 4.61. The molecule has 0 bridgehead atoms. The van der Waals surface area contributed by atoms with E-state index in [1.165, 1.54) is 0 Å². The highest BCUT2D eigenvalue weighted by Crippen LogP contribution is 2.14. The average molecular weight is 199 g/mol. The van der Waals surface area contributed by atoms with Gasteiger partial charge < -0.3 is 17.2 Å². The van der Waals surface area contributed by atoms with E-state index in [4.69, 9.17) is 17.2 Å². The molecule has 1 aromatic heterocycles. The van der Waals surface area contributed by atoms with E-state index in [9.17, 15) is 0 Å². The van der Waals surface area contributed by atoms with Crippen LogP contribution >= 0.6 is 0 Å². The van der Waals surface area contributed by atoms with E-state index >= 15 is 0 Å². The van der Waals surface area contributed by atoms with E-state index in [2.05, 4.69) is 20.6 Å². The summed E-state index contributed by atoms with van der Waals surface area (Å²) in [4.78, 5) is 0. The third-order valence-corrected chi connectivity index (χ3v) is 2.18. The third-order valence-electron chi connectivity index (χ3n) is 2.18. The smallest absolute Gasteiger partial charge is 0.176 e. The fraction of sp³-hybridized carbons (Fsp3) is 0.857. The van der Waals surface area contributed by atoms with Crippen molar-refractivity contribution in [3.63, 3.8) is 0 Å². The van der Waals surface area contributed by atoms with Gasteiger partial charge in [0.05, 0.1) is 0 Å². The van der Waals surface area contributed by atoms with E-state index in [-0.39, 0.29) is 0 Å². The van der Waals surface area contributed by atoms with Crippen molar-refractivity contribution < 1.29 is 0 Å². The lowest BCUT2D eigenvalue weighted by molar-refractivity contribution is 0.366. The highest BCUT2D eigenvalue weighted by molar-refractivity contribution is 4.94. The molecule has 0 aliphatic carbocycles. The zero-order valence-corrected chi connectivity index (χ0v) is 8.11. The lowest BCUT2D eigenvalue weighted by Gasteiger charge is -2.27. The lowest BCUT2D eigenvalue weighted by atomic mass is 9.88. The number of hydrogen-bond donors (Lipinski definition) is 4. The number of H-pyrrole nitrogens is 1. The van der Waals surface area contributed by atoms with Gasteiger partial charge in [-0.25, -0.2) is 0 Å². The monoisotopic (exact) mass is 199 g/mol. The fourth-order valence-corrected chi connectivity index (χ4v) is 1.45. The predicted molar refractivity (Wildman–Crippen MR) is 52.1 cm³/mol. The molecule has 0 spiro atoms. The number of nitrogens with zero attached hydrogens (tertiary/aromatic N) is 3. The first kappa shape index (κ1) is 11.0. The second-order valence-corrected chi connectivity index (χ2v) is 3.44. The van der Waals surface area contributed by atoms with Crippen LogP contribution in [0.5, 0.6) is 0 Å². The number of nitrogens with two attached hydrogens (primary N) is 3. The van der Waals surface area contributed by atoms with Gasteiger partial charge in [0.2, 0.25) is 0 Å². The average Bonchev–Trinajstić information content (AvgIpc) is 2.57. The molecule has 0 atom stereocenters. The van der Waals surface area contributed by atoms with Crippen LogP contribution in [-0.4, -0.2) is 39.3 Å². The Kier molecular flexibility index (Phi) is 3.93. The van der Waals surface area contributed by atoms with E-state index in [0.717, 1.165) is 0 Å². The van der Waals surface area contributed by atoms with Crippen LogP contribution in [0.25, 0.3) is 0 Å². The molecule has 7 nitrogen and oxygen atoms in total. The van der Waals surface area contributed by atoms with Crippen LogP contribution < -0.4 is 17.2 Å². The van der Waals surface area contributed by atoms with Crippen LogP contribution in [0.4, 0.5) is 0 Å². The largest absolute Gasteiger partial charge is 0.330 e. The molecule has 7 N–H and O–H groups in total. The van der Waals surface area contributed by atoms with E-state index < -0.39 is 5.54 Å². The topological polar surface area (TPSA) is 133 Å². The first-order chi connectivity index (χ1) is 6.70. The standard InChI is InChI=1S/C7H17N7/c8-3-1-7(10,2-4-9)5-6-11-13-14-12-6/h1-5,8-10H2,(H,11,12,13,14). The zero-order valence-electron chi connectivity index (χ0n) is 8.11. The number of rotatable bonds is 6. The van der Waals surface area contributed by atoms with Crippen molar-refractivity contribution in [2.45, 2.75) is 24.8 Å². The highest BCUT2D eigenvalue weighted by atomic mass is 15.5. The van der Waals surface area contributed by atoms with Crippen molar-refractivity contribution in [3.8, 4) is 0 Å². The summed E-state index contributed by atoms with van der Waals surface area (Å²) in [6.07, 6.45) is 1.97. The maximum Gasteiger partial charge on any atom is 0.176 e. The van der Waals surface area contributed by atoms with Crippen LogP contribution in [-0.2, 0) is 6.42 Å². The molecule has 7 heteroatoms. The summed E-state index contributed by atoms with van der Waals surface area (Å²) in [7, 11) is 0. The van der Waals surface area contributed by atoms with Crippen LogP contribution in [0.2, 0.25) is 0 Å². The third kappa shape index (κ3) is 3.02. The molecule has 0 aliphatic heterocycles. The molecule has 0 fully saturated rings. The van der Waals surface area contributed by atoms with Gasteiger partial charge in [0.15, 0.2) is 5.82 Å². The van der Waals surface area contributed by atoms with Gasteiger partial charge in [-0.1, -0.05) is 5.21 Å². The van der Waals surface area contributed by atoms with Crippen molar-refractivity contribution in [3.05, 3.63) is 5.82 Å². The molecule has 0 saturated carbocycles. The number of tetrazole rings is 1. The second-order valence-electron chi connectivity index (χ2n) is 3.44. The predicted octanol–water partition coefficient (Wildman–Crippen LogP) is -1.86. The summed E-state index contributed by atoms with van der Waals surface area (Å²) in [5, 5.41) is 13.6. The number of nitrogens with one attached hydrogen (secondary N) is 1. The Labute approximate surface area is 82.4 Å². The van der Waals surface area contributed by atoms with Gasteiger partial charge in [0.25, 0.3) is 0 Å². The van der Waals surface area contributed by atoms with Gasteiger partial charge >= 0.3 is 0 Å². The summed E-state index contributed by atoms with van der Waals surface area (Å²) in [5.41, 5.74) is 16.7. The van der Waals surface area contributed by atoms with Gasteiger partial charge in [-0.2, -0.15) is 5.21 Å². The number of aromatic nitrogens is 4. The summed E-state index contributed by atoms with van der Waals surface area (Å²) in [6.45, 7) is 1.07. The first-order valence-electron chi connectivity index (χ1n) is 4.61. The molecular formula is C7H17N7. The molecule has 0 saturated heterocycles. The summed E-state index contributed by atoms with van der Waals surface area (Å²) < 4.78 is 0. The SMILES string of the molecule is NCCC(N)(CCN)Cc1nn[nH]n1. The molecular weight excluding hydrogens is 182 g/mol. The Morgan fingerprint density at radius 2 is 1.86 bits per heavy atom. The Morgan fingerprint density at radius 1 is 1.21 bits per heavy atom. The molecule has 0 aliphatic rings. The Balaban J connectivity index is 2.58. The molecule has 0 aromatic carbocycles. The fourth-order valence-electron chi connectivity index (χ4n) is 1.45. The minimum absolute atomic E-state index is 0.409. The maximum absolute atomic E-state index is 6.13. The zero-order chi connectivity index (χ0) is 10.4. The molecule has 80 valence electrons. The van der Waals surface area contributed by atoms with Gasteiger partial charge in [-0.15, -0.1) is 10.2 Å². The molecule has 0 radical (unpaired) electrons. The van der Waals surface area contributed by atoms with Gasteiger partial charge in [0.1, 0.15) is 0 Å². The minimum Gasteiger partial charge on any atom is -0.330 e. The van der Waals surface area contributed by atoms with Gasteiger partial charge in [0, 0.05) is 12.0 Å². The van der Waals surface area contributed by atoms with Gasteiger partial charge in [-0.05, 0) is 25.9 Å². The normalized spacial score (nSPS) is 11.9. The minimum atomic E-state index is -0.409. The Bertz CT molecular complexity index is 239. The molecule has 1 aromatic rings. The van der Waals surface area contributed by atoms with E-state index in [1.54, 1.807) is 0 Å². The summed E-state index contributed by atoms with van der Waals surface area (Å²) in [5.74, 6) is 0.606. The van der Waals surface area contributed by atoms with Crippen molar-refractivity contribution in [2.75, 3.05) is 13.1 Å². The van der Waals surface area contributed by atoms with Crippen molar-refractivity contribution in [1.29, 1.82) is 0 Å². The highest BCUT2D eigenvalue weighted by Gasteiger charge is 2.25. The van der Waals surface area contributed by atoms with Gasteiger partial charge in [-0.3, -0.25) is 0 Å². The molecule has 14 heavy (non-hydrogen) atoms. The molecule has 1 heterocycles. The Hall–Kier alpha value is -1.05. The Morgan fingerprint density at radius 3 is 2.29 bits per heavy atom.